The van der Waals surface area contributed by atoms with Crippen molar-refractivity contribution in [3.63, 3.8) is 0 Å². The van der Waals surface area contributed by atoms with Crippen LogP contribution in [0.1, 0.15) is 23.0 Å². The highest BCUT2D eigenvalue weighted by Crippen LogP contribution is 2.17. The van der Waals surface area contributed by atoms with E-state index in [-0.39, 0.29) is 5.91 Å². The second kappa shape index (κ2) is 9.76. The highest BCUT2D eigenvalue weighted by atomic mass is 35.5. The van der Waals surface area contributed by atoms with Gasteiger partial charge in [-0.1, -0.05) is 23.7 Å². The Morgan fingerprint density at radius 2 is 1.86 bits per heavy atom. The fraction of sp³-hybridized carbons (Fsp3) is 0.182. The number of anilines is 2. The van der Waals surface area contributed by atoms with E-state index < -0.39 is 0 Å². The highest BCUT2D eigenvalue weighted by molar-refractivity contribution is 6.30. The Morgan fingerprint density at radius 1 is 1.07 bits per heavy atom. The standard InChI is InChI=1S/C22H22ClN3O2/c1-2-28-20-9-6-18(7-10-20)26-22(27)21-11-8-19(15-25-21)24-13-12-16-4-3-5-17(23)14-16/h3-11,14-15,24H,2,12-13H2,1H3,(H,26,27). The Morgan fingerprint density at radius 3 is 2.54 bits per heavy atom. The van der Waals surface area contributed by atoms with Gasteiger partial charge in [0.25, 0.3) is 5.91 Å². The normalized spacial score (nSPS) is 10.4. The second-order valence-corrected chi connectivity index (χ2v) is 6.59. The highest BCUT2D eigenvalue weighted by Gasteiger charge is 2.08. The average molecular weight is 396 g/mol. The number of carbonyl (C=O) groups excluding carboxylic acids is 1. The lowest BCUT2D eigenvalue weighted by molar-refractivity contribution is 0.102. The van der Waals surface area contributed by atoms with E-state index in [1.165, 1.54) is 5.56 Å². The molecule has 0 aliphatic carbocycles. The van der Waals surface area contributed by atoms with Crippen LogP contribution in [0.15, 0.2) is 66.9 Å². The van der Waals surface area contributed by atoms with Crippen molar-refractivity contribution in [3.8, 4) is 5.75 Å². The molecule has 0 spiro atoms. The zero-order valence-corrected chi connectivity index (χ0v) is 16.4. The molecule has 0 saturated carbocycles. The van der Waals surface area contributed by atoms with Crippen molar-refractivity contribution in [1.29, 1.82) is 0 Å². The van der Waals surface area contributed by atoms with Gasteiger partial charge in [0, 0.05) is 17.3 Å². The summed E-state index contributed by atoms with van der Waals surface area (Å²) in [6, 6.07) is 18.6. The molecule has 28 heavy (non-hydrogen) atoms. The SMILES string of the molecule is CCOc1ccc(NC(=O)c2ccc(NCCc3cccc(Cl)c3)cn2)cc1. The first-order valence-corrected chi connectivity index (χ1v) is 9.50. The monoisotopic (exact) mass is 395 g/mol. The Labute approximate surface area is 169 Å². The van der Waals surface area contributed by atoms with Crippen LogP contribution in [0.5, 0.6) is 5.75 Å². The summed E-state index contributed by atoms with van der Waals surface area (Å²) >= 11 is 5.99. The number of amides is 1. The number of halogens is 1. The molecule has 3 rings (SSSR count). The maximum atomic E-state index is 12.3. The summed E-state index contributed by atoms with van der Waals surface area (Å²) in [6.45, 7) is 3.28. The van der Waals surface area contributed by atoms with E-state index in [2.05, 4.69) is 15.6 Å². The molecular weight excluding hydrogens is 374 g/mol. The van der Waals surface area contributed by atoms with Crippen LogP contribution in [0.4, 0.5) is 11.4 Å². The van der Waals surface area contributed by atoms with Crippen molar-refractivity contribution in [1.82, 2.24) is 4.98 Å². The molecule has 1 heterocycles. The van der Waals surface area contributed by atoms with Gasteiger partial charge in [0.05, 0.1) is 18.5 Å². The van der Waals surface area contributed by atoms with Crippen LogP contribution in [-0.2, 0) is 6.42 Å². The molecule has 0 aliphatic rings. The number of aromatic nitrogens is 1. The molecule has 6 heteroatoms. The fourth-order valence-corrected chi connectivity index (χ4v) is 2.89. The lowest BCUT2D eigenvalue weighted by atomic mass is 10.1. The van der Waals surface area contributed by atoms with Crippen molar-refractivity contribution >= 4 is 28.9 Å². The predicted octanol–water partition coefficient (Wildman–Crippen LogP) is 5.04. The minimum atomic E-state index is -0.255. The number of hydrogen-bond donors (Lipinski definition) is 2. The number of ether oxygens (including phenoxy) is 1. The summed E-state index contributed by atoms with van der Waals surface area (Å²) in [7, 11) is 0. The van der Waals surface area contributed by atoms with Crippen LogP contribution in [0.25, 0.3) is 0 Å². The van der Waals surface area contributed by atoms with E-state index >= 15 is 0 Å². The number of nitrogens with zero attached hydrogens (tertiary/aromatic N) is 1. The molecule has 2 N–H and O–H groups in total. The van der Waals surface area contributed by atoms with Crippen LogP contribution in [-0.4, -0.2) is 24.0 Å². The van der Waals surface area contributed by atoms with Crippen molar-refractivity contribution in [3.05, 3.63) is 83.1 Å². The number of nitrogens with one attached hydrogen (secondary N) is 2. The largest absolute Gasteiger partial charge is 0.494 e. The molecule has 0 fully saturated rings. The third-order valence-electron chi connectivity index (χ3n) is 4.05. The van der Waals surface area contributed by atoms with Crippen LogP contribution < -0.4 is 15.4 Å². The first kappa shape index (κ1) is 19.7. The summed E-state index contributed by atoms with van der Waals surface area (Å²) in [6.07, 6.45) is 2.51. The summed E-state index contributed by atoms with van der Waals surface area (Å²) < 4.78 is 5.39. The molecule has 5 nitrogen and oxygen atoms in total. The van der Waals surface area contributed by atoms with Crippen molar-refractivity contribution < 1.29 is 9.53 Å². The number of rotatable bonds is 8. The molecule has 1 aromatic heterocycles. The number of carbonyl (C=O) groups is 1. The zero-order chi connectivity index (χ0) is 19.8. The Kier molecular flexibility index (Phi) is 6.87. The number of benzene rings is 2. The average Bonchev–Trinajstić information content (AvgIpc) is 2.70. The number of hydrogen-bond acceptors (Lipinski definition) is 4. The van der Waals surface area contributed by atoms with Gasteiger partial charge in [0.15, 0.2) is 0 Å². The van der Waals surface area contributed by atoms with Gasteiger partial charge in [-0.3, -0.25) is 4.79 Å². The molecule has 0 bridgehead atoms. The van der Waals surface area contributed by atoms with Gasteiger partial charge in [-0.15, -0.1) is 0 Å². The smallest absolute Gasteiger partial charge is 0.274 e. The minimum Gasteiger partial charge on any atom is -0.494 e. The first-order chi connectivity index (χ1) is 13.6. The molecule has 2 aromatic carbocycles. The lowest BCUT2D eigenvalue weighted by Gasteiger charge is -2.09. The van der Waals surface area contributed by atoms with Gasteiger partial charge in [-0.25, -0.2) is 4.98 Å². The van der Waals surface area contributed by atoms with E-state index in [4.69, 9.17) is 16.3 Å². The van der Waals surface area contributed by atoms with Gasteiger partial charge < -0.3 is 15.4 Å². The summed E-state index contributed by atoms with van der Waals surface area (Å²) in [5.41, 5.74) is 3.08. The van der Waals surface area contributed by atoms with E-state index in [1.54, 1.807) is 24.4 Å². The molecule has 3 aromatic rings. The van der Waals surface area contributed by atoms with Gasteiger partial charge in [-0.2, -0.15) is 0 Å². The lowest BCUT2D eigenvalue weighted by Crippen LogP contribution is -2.14. The summed E-state index contributed by atoms with van der Waals surface area (Å²) in [5, 5.41) is 6.86. The van der Waals surface area contributed by atoms with Crippen LogP contribution in [0, 0.1) is 0 Å². The molecule has 0 unspecified atom stereocenters. The topological polar surface area (TPSA) is 63.2 Å². The zero-order valence-electron chi connectivity index (χ0n) is 15.6. The van der Waals surface area contributed by atoms with Crippen LogP contribution in [0.2, 0.25) is 5.02 Å². The maximum Gasteiger partial charge on any atom is 0.274 e. The van der Waals surface area contributed by atoms with Gasteiger partial charge >= 0.3 is 0 Å². The molecule has 0 radical (unpaired) electrons. The van der Waals surface area contributed by atoms with Crippen molar-refractivity contribution in [2.45, 2.75) is 13.3 Å². The van der Waals surface area contributed by atoms with Crippen LogP contribution >= 0.6 is 11.6 Å². The molecule has 0 saturated heterocycles. The molecular formula is C22H22ClN3O2. The first-order valence-electron chi connectivity index (χ1n) is 9.12. The third-order valence-corrected chi connectivity index (χ3v) is 4.29. The van der Waals surface area contributed by atoms with Gasteiger partial charge in [0.1, 0.15) is 11.4 Å². The van der Waals surface area contributed by atoms with E-state index in [0.717, 1.165) is 29.4 Å². The van der Waals surface area contributed by atoms with Gasteiger partial charge in [-0.05, 0) is 67.4 Å². The fourth-order valence-electron chi connectivity index (χ4n) is 2.67. The molecule has 0 aliphatic heterocycles. The van der Waals surface area contributed by atoms with E-state index in [1.807, 2.05) is 49.4 Å². The van der Waals surface area contributed by atoms with E-state index in [0.29, 0.717) is 18.0 Å². The summed E-state index contributed by atoms with van der Waals surface area (Å²) in [5.74, 6) is 0.515. The second-order valence-electron chi connectivity index (χ2n) is 6.15. The third kappa shape index (κ3) is 5.72. The molecule has 0 atom stereocenters. The quantitative estimate of drug-likeness (QED) is 0.560. The Hall–Kier alpha value is -3.05. The number of pyridine rings is 1. The maximum absolute atomic E-state index is 12.3. The molecule has 1 amide bonds. The van der Waals surface area contributed by atoms with Crippen LogP contribution in [0.3, 0.4) is 0 Å². The van der Waals surface area contributed by atoms with E-state index in [9.17, 15) is 4.79 Å². The molecule has 144 valence electrons. The van der Waals surface area contributed by atoms with Crippen molar-refractivity contribution in [2.75, 3.05) is 23.8 Å². The van der Waals surface area contributed by atoms with Crippen molar-refractivity contribution in [2.24, 2.45) is 0 Å². The Bertz CT molecular complexity index is 912. The predicted molar refractivity (Wildman–Crippen MR) is 113 cm³/mol. The summed E-state index contributed by atoms with van der Waals surface area (Å²) in [4.78, 5) is 16.6. The van der Waals surface area contributed by atoms with Gasteiger partial charge in [0.2, 0.25) is 0 Å². The minimum absolute atomic E-state index is 0.255. The Balaban J connectivity index is 1.50.